The SMILES string of the molecule is COC(=O)C[C@@H](NC(=O)C[C@@H](NC(=O)CC(NC(=O)CC(NC(=O)CC(NC(=O)CC(NC(=O)CC(NC(=O)CC(NC(=O)OC(C)(C)C)[C@H]1O[C@@H]2OC(C)(C)O[C@@H]2[C@H]1C(C)=O)[C@H]1O[C@@H]2OC(C)(C)O[C@@H]2[C@H]1C(C)=O)[C@H]1O[C@@H]2OC(C)(C)O[C@@H]2[C@H]1C(C)=O)[C@H]1O[C@@H]2OC(C)(C)O[C@@H]2[C@H]1C(=O)O)[C@@H]1OC2OCOC2[C@@H]1C(C)=O)[C@@H]1OC2OCOC2[C@@H]1C(C)=O)C1O[C@H]2OC(C)(C)O[C@H]2[C@@H]1C(C)=O)C1O[C@@H]2OC(C)(C)O[C@@H]2[C@H]1C(C)=O. The van der Waals surface area contributed by atoms with Gasteiger partial charge in [0.05, 0.1) is 152 Å². The van der Waals surface area contributed by atoms with Gasteiger partial charge in [0.25, 0.3) is 0 Å². The third-order valence-electron chi connectivity index (χ3n) is 29.4. The van der Waals surface area contributed by atoms with E-state index in [-0.39, 0.29) is 13.6 Å². The summed E-state index contributed by atoms with van der Waals surface area (Å²) in [6, 6.07) is -13.0. The number of aliphatic carboxylic acids is 1. The van der Waals surface area contributed by atoms with E-state index in [0.717, 1.165) is 7.11 Å². The molecule has 0 radical (unpaired) electrons. The molecule has 12 unspecified atom stereocenters. The van der Waals surface area contributed by atoms with Crippen molar-refractivity contribution in [2.75, 3.05) is 20.7 Å². The first-order chi connectivity index (χ1) is 69.5. The topological polar surface area (TPSA) is 647 Å². The molecule has 40 atom stereocenters. The Hall–Kier alpha value is -8.77. The zero-order valence-corrected chi connectivity index (χ0v) is 87.2. The molecule has 16 saturated heterocycles. The molecule has 16 fully saturated rings. The Balaban J connectivity index is 0.697. The molecule has 16 aliphatic heterocycles. The second-order valence-corrected chi connectivity index (χ2v) is 44.7. The quantitative estimate of drug-likeness (QED) is 0.0338. The molecule has 0 spiro atoms. The number of carboxylic acids is 1. The van der Waals surface area contributed by atoms with Crippen molar-refractivity contribution in [3.63, 3.8) is 0 Å². The maximum absolute atomic E-state index is 15.9. The third-order valence-corrected chi connectivity index (χ3v) is 29.4. The summed E-state index contributed by atoms with van der Waals surface area (Å²) in [4.78, 5) is 249. The average molecular weight is 2120 g/mol. The number of amides is 8. The van der Waals surface area contributed by atoms with Gasteiger partial charge in [-0.3, -0.25) is 76.7 Å². The van der Waals surface area contributed by atoms with Crippen molar-refractivity contribution >= 4 is 99.9 Å². The zero-order valence-electron chi connectivity index (χ0n) is 87.2. The second-order valence-electron chi connectivity index (χ2n) is 44.7. The van der Waals surface area contributed by atoms with E-state index in [9.17, 15) is 53.1 Å². The molecule has 16 rings (SSSR count). The first-order valence-corrected chi connectivity index (χ1v) is 50.2. The van der Waals surface area contributed by atoms with Crippen molar-refractivity contribution in [2.24, 2.45) is 47.3 Å². The lowest BCUT2D eigenvalue weighted by Gasteiger charge is -2.34. The number of hydrogen-bond acceptors (Lipinski definition) is 43. The number of ketones is 7. The van der Waals surface area contributed by atoms with Crippen LogP contribution < -0.4 is 42.5 Å². The Morgan fingerprint density at radius 1 is 0.262 bits per heavy atom. The van der Waals surface area contributed by atoms with Crippen LogP contribution in [0.1, 0.15) is 204 Å². The van der Waals surface area contributed by atoms with Crippen molar-refractivity contribution in [1.82, 2.24) is 42.5 Å². The van der Waals surface area contributed by atoms with Gasteiger partial charge in [-0.25, -0.2) is 4.79 Å². The summed E-state index contributed by atoms with van der Waals surface area (Å²) in [5, 5.41) is 33.6. The summed E-state index contributed by atoms with van der Waals surface area (Å²) in [6.45, 7) is 31.4. The predicted molar refractivity (Wildman–Crippen MR) is 487 cm³/mol. The van der Waals surface area contributed by atoms with Gasteiger partial charge in [-0.2, -0.15) is 0 Å². The number of nitrogens with one attached hydrogen (secondary N) is 8. The Morgan fingerprint density at radius 2 is 0.443 bits per heavy atom. The molecule has 0 aliphatic carbocycles. The van der Waals surface area contributed by atoms with Crippen LogP contribution in [0.2, 0.25) is 0 Å². The number of ether oxygens (including phenoxy) is 26. The minimum absolute atomic E-state index is 0.352. The van der Waals surface area contributed by atoms with Crippen LogP contribution in [0.15, 0.2) is 0 Å². The zero-order chi connectivity index (χ0) is 109. The van der Waals surface area contributed by atoms with Gasteiger partial charge < -0.3 is 171 Å². The molecule has 0 aromatic heterocycles. The van der Waals surface area contributed by atoms with Gasteiger partial charge in [0.15, 0.2) is 98.6 Å². The number of carbonyl (C=O) groups excluding carboxylic acids is 16. The van der Waals surface area contributed by atoms with E-state index in [1.807, 2.05) is 0 Å². The number of carbonyl (C=O) groups is 17. The molecule has 9 N–H and O–H groups in total. The van der Waals surface area contributed by atoms with Crippen LogP contribution in [0.5, 0.6) is 0 Å². The number of rotatable bonds is 40. The van der Waals surface area contributed by atoms with Crippen molar-refractivity contribution in [3.05, 3.63) is 0 Å². The third kappa shape index (κ3) is 24.6. The smallest absolute Gasteiger partial charge is 0.407 e. The lowest BCUT2D eigenvalue weighted by molar-refractivity contribution is -0.215. The number of hydrogen-bond donors (Lipinski definition) is 9. The molecule has 0 saturated carbocycles. The van der Waals surface area contributed by atoms with Crippen molar-refractivity contribution < 1.29 is 210 Å². The minimum atomic E-state index is -1.87. The molecule has 8 amide bonds. The molecule has 0 bridgehead atoms. The molecular formula is C97H138N8O44. The fourth-order valence-electron chi connectivity index (χ4n) is 23.8. The maximum Gasteiger partial charge on any atom is 0.407 e. The summed E-state index contributed by atoms with van der Waals surface area (Å²) in [6.07, 6.45) is -39.6. The molecule has 16 aliphatic rings. The number of fused-ring (bicyclic) bond motifs is 8. The molecule has 830 valence electrons. The van der Waals surface area contributed by atoms with Crippen LogP contribution in [0.25, 0.3) is 0 Å². The van der Waals surface area contributed by atoms with Crippen molar-refractivity contribution in [1.29, 1.82) is 0 Å². The first-order valence-electron chi connectivity index (χ1n) is 50.2. The van der Waals surface area contributed by atoms with Gasteiger partial charge in [0.2, 0.25) is 41.4 Å². The number of methoxy groups -OCH3 is 1. The van der Waals surface area contributed by atoms with E-state index in [4.69, 9.17) is 123 Å². The van der Waals surface area contributed by atoms with Gasteiger partial charge in [0, 0.05) is 44.9 Å². The number of esters is 1. The summed E-state index contributed by atoms with van der Waals surface area (Å²) >= 11 is 0. The van der Waals surface area contributed by atoms with Crippen LogP contribution in [-0.4, -0.2) is 362 Å². The highest BCUT2D eigenvalue weighted by Gasteiger charge is 2.68. The van der Waals surface area contributed by atoms with E-state index < -0.39 is 435 Å². The summed E-state index contributed by atoms with van der Waals surface area (Å²) < 4.78 is 159. The van der Waals surface area contributed by atoms with Gasteiger partial charge in [-0.15, -0.1) is 0 Å². The molecule has 16 heterocycles. The molecule has 0 aromatic rings. The van der Waals surface area contributed by atoms with E-state index in [0.29, 0.717) is 0 Å². The van der Waals surface area contributed by atoms with Crippen LogP contribution in [0.3, 0.4) is 0 Å². The highest BCUT2D eigenvalue weighted by molar-refractivity contribution is 5.90. The normalized spacial score (nSPS) is 38.4. The summed E-state index contributed by atoms with van der Waals surface area (Å²) in [5.41, 5.74) is -1.10. The lowest BCUT2D eigenvalue weighted by atomic mass is 9.86. The second kappa shape index (κ2) is 43.2. The lowest BCUT2D eigenvalue weighted by Crippen LogP contribution is -2.57. The largest absolute Gasteiger partial charge is 0.481 e. The van der Waals surface area contributed by atoms with Gasteiger partial charge in [-0.05, 0) is 152 Å². The fourth-order valence-corrected chi connectivity index (χ4v) is 23.8. The van der Waals surface area contributed by atoms with Gasteiger partial charge >= 0.3 is 18.0 Å². The van der Waals surface area contributed by atoms with Crippen LogP contribution in [0, 0.1) is 47.3 Å². The van der Waals surface area contributed by atoms with E-state index in [1.165, 1.54) is 62.3 Å². The molecule has 149 heavy (non-hydrogen) atoms. The van der Waals surface area contributed by atoms with Crippen molar-refractivity contribution in [3.8, 4) is 0 Å². The molecular weight excluding hydrogens is 1980 g/mol. The van der Waals surface area contributed by atoms with Gasteiger partial charge in [0.1, 0.15) is 101 Å². The number of carboxylic acid groups (broad SMARTS) is 1. The fraction of sp³-hybridized carbons (Fsp3) is 0.825. The number of alkyl carbamates (subject to hydrolysis) is 1. The maximum atomic E-state index is 15.9. The van der Waals surface area contributed by atoms with E-state index >= 15 is 33.6 Å². The van der Waals surface area contributed by atoms with Gasteiger partial charge in [-0.1, -0.05) is 0 Å². The van der Waals surface area contributed by atoms with Crippen LogP contribution >= 0.6 is 0 Å². The predicted octanol–water partition coefficient (Wildman–Crippen LogP) is -0.842. The highest BCUT2D eigenvalue weighted by atomic mass is 16.9. The number of Topliss-reactive ketones (excluding diaryl/α,β-unsaturated/α-hetero) is 7. The van der Waals surface area contributed by atoms with E-state index in [1.54, 1.807) is 90.0 Å². The van der Waals surface area contributed by atoms with E-state index in [2.05, 4.69) is 42.5 Å². The standard InChI is InChI=1S/C97H138N8O44/c1-34(106)57-65(129-82-73(57)125-32-127-82)41(25-50(114)101-45(69-61(38(5)110)77-86(133-69)145-94(15,16)139-77)28-54(118)104-48(31-56(120)124-23)71-63(40(7)112)79-88(135-71)147-96(19,20)141-79)98-49(113)24-42(66-58(35(2)107)74-83(130-66)128-33-126-74)99-53(117)29-46(72-64(81(121)122)80-89(136-72)148-97(21,22)142-80)103-52(116)27-43(67-59(36(3)108)75-84(131-67)143-92(11,12)137-75)100-51(115)26-44(68-60(37(4)109)76-85(132-68)144-93(13,14)138-76)102-55(119)30-47(105-90(123)149-91(8,9)10)70-62(39(6)111)78-87(134-70)146-95(17,18)140-78/h41-48,57-80,82-89H,24-33H2,1-23H3,(H,98,113)(H,99,117)(H,100,115)(H,101,114)(H,102,119)(H,103,116)(H,104,118)(H,105,123)(H,121,122)/t41?,42?,43?,44?,45-,46?,47?,48-,57-,58-,59+,60+,61-,62+,63+,64+,65+,66+,67-,68-,69?,70-,71?,72-,73?,74?,75-,76-,77+,78-,79-,80-,82?,83?,84-,85-,86+,87-,88-,89-/m1/s1. The van der Waals surface area contributed by atoms with Crippen LogP contribution in [-0.2, 0) is 200 Å². The summed E-state index contributed by atoms with van der Waals surface area (Å²) in [7, 11) is 1.10. The van der Waals surface area contributed by atoms with Crippen LogP contribution in [0.4, 0.5) is 4.79 Å². The molecule has 52 heteroatoms. The Morgan fingerprint density at radius 3 is 0.638 bits per heavy atom. The Kier molecular flexibility index (Phi) is 32.7. The molecule has 52 nitrogen and oxygen atoms in total. The molecule has 0 aromatic carbocycles. The minimum Gasteiger partial charge on any atom is -0.481 e. The monoisotopic (exact) mass is 2120 g/mol. The van der Waals surface area contributed by atoms with Crippen molar-refractivity contribution in [2.45, 2.75) is 440 Å². The Bertz CT molecular complexity index is 5160. The highest BCUT2D eigenvalue weighted by Crippen LogP contribution is 2.52. The average Bonchev–Trinajstić information content (AvgIpc) is 1.60. The first kappa shape index (κ1) is 113. The summed E-state index contributed by atoms with van der Waals surface area (Å²) in [5.74, 6) is -32.2. The Labute approximate surface area is 857 Å².